The zero-order valence-electron chi connectivity index (χ0n) is 26.1. The lowest BCUT2D eigenvalue weighted by Gasteiger charge is -2.40. The standard InChI is InChI=1S/C35H34ClFN6O3/c1-21(2)30-32(22(3)14-15-38-30)43-34-26(18-27(36)31(39-34)25-12-8-9-13-28(25)37)33(40-35(43)45)42-17-16-41(19-23(42)4)29(44)20-46-24-10-6-5-7-11-24/h5-15,18,21,23H,16-17,19-20H2,1-4H3/t23-/m0/s1. The number of anilines is 1. The number of hydrogen-bond donors (Lipinski definition) is 0. The molecule has 0 spiro atoms. The highest BCUT2D eigenvalue weighted by Crippen LogP contribution is 2.36. The van der Waals surface area contributed by atoms with Crippen LogP contribution in [0.15, 0.2) is 77.7 Å². The summed E-state index contributed by atoms with van der Waals surface area (Å²) in [5.41, 5.74) is 2.29. The molecule has 0 saturated carbocycles. The Morgan fingerprint density at radius 1 is 1.07 bits per heavy atom. The second kappa shape index (κ2) is 12.9. The first kappa shape index (κ1) is 31.2. The highest BCUT2D eigenvalue weighted by atomic mass is 35.5. The van der Waals surface area contributed by atoms with Crippen LogP contribution in [0.1, 0.15) is 37.9 Å². The van der Waals surface area contributed by atoms with Gasteiger partial charge in [-0.15, -0.1) is 0 Å². The molecular formula is C35H34ClFN6O3. The van der Waals surface area contributed by atoms with E-state index in [1.54, 1.807) is 47.5 Å². The van der Waals surface area contributed by atoms with Gasteiger partial charge in [0.1, 0.15) is 17.4 Å². The van der Waals surface area contributed by atoms with Crippen molar-refractivity contribution in [2.24, 2.45) is 0 Å². The predicted molar refractivity (Wildman–Crippen MR) is 177 cm³/mol. The molecule has 11 heteroatoms. The number of rotatable bonds is 7. The lowest BCUT2D eigenvalue weighted by Crippen LogP contribution is -2.55. The molecule has 0 radical (unpaired) electrons. The third kappa shape index (κ3) is 5.92. The number of carbonyl (C=O) groups excluding carboxylic acids is 1. The molecule has 0 unspecified atom stereocenters. The lowest BCUT2D eigenvalue weighted by atomic mass is 10.0. The highest BCUT2D eigenvalue weighted by molar-refractivity contribution is 6.33. The number of halogens is 2. The summed E-state index contributed by atoms with van der Waals surface area (Å²) < 4.78 is 22.2. The molecule has 1 fully saturated rings. The first-order valence-corrected chi connectivity index (χ1v) is 15.6. The van der Waals surface area contributed by atoms with E-state index < -0.39 is 11.5 Å². The molecule has 1 amide bonds. The Morgan fingerprint density at radius 2 is 1.80 bits per heavy atom. The Bertz CT molecular complexity index is 1980. The molecule has 1 saturated heterocycles. The van der Waals surface area contributed by atoms with Gasteiger partial charge in [0.25, 0.3) is 5.91 Å². The van der Waals surface area contributed by atoms with E-state index in [-0.39, 0.29) is 46.4 Å². The maximum absolute atomic E-state index is 15.0. The molecule has 0 N–H and O–H groups in total. The maximum Gasteiger partial charge on any atom is 0.355 e. The van der Waals surface area contributed by atoms with Crippen molar-refractivity contribution in [1.82, 2.24) is 24.4 Å². The Kier molecular flexibility index (Phi) is 8.73. The molecule has 5 aromatic rings. The number of aromatic nitrogens is 4. The molecule has 1 aliphatic rings. The van der Waals surface area contributed by atoms with Gasteiger partial charge in [0.2, 0.25) is 0 Å². The first-order valence-electron chi connectivity index (χ1n) is 15.2. The minimum Gasteiger partial charge on any atom is -0.484 e. The fourth-order valence-electron chi connectivity index (χ4n) is 5.90. The third-order valence-corrected chi connectivity index (χ3v) is 8.50. The van der Waals surface area contributed by atoms with Crippen molar-refractivity contribution in [2.45, 2.75) is 39.7 Å². The fraction of sp³-hybridized carbons (Fsp3) is 0.286. The van der Waals surface area contributed by atoms with Crippen molar-refractivity contribution in [3.8, 4) is 22.7 Å². The molecule has 0 bridgehead atoms. The molecule has 2 aromatic carbocycles. The third-order valence-electron chi connectivity index (χ3n) is 8.21. The molecule has 1 atom stereocenters. The monoisotopic (exact) mass is 640 g/mol. The molecule has 6 rings (SSSR count). The van der Waals surface area contributed by atoms with Crippen molar-refractivity contribution in [3.63, 3.8) is 0 Å². The summed E-state index contributed by atoms with van der Waals surface area (Å²) in [6, 6.07) is 18.8. The van der Waals surface area contributed by atoms with E-state index in [1.165, 1.54) is 10.6 Å². The van der Waals surface area contributed by atoms with E-state index in [4.69, 9.17) is 21.3 Å². The molecule has 9 nitrogen and oxygen atoms in total. The number of hydrogen-bond acceptors (Lipinski definition) is 7. The van der Waals surface area contributed by atoms with E-state index in [1.807, 2.05) is 56.9 Å². The molecule has 0 aliphatic carbocycles. The van der Waals surface area contributed by atoms with E-state index in [9.17, 15) is 9.59 Å². The maximum atomic E-state index is 15.0. The smallest absolute Gasteiger partial charge is 0.355 e. The number of pyridine rings is 2. The molecule has 46 heavy (non-hydrogen) atoms. The van der Waals surface area contributed by atoms with Gasteiger partial charge in [0, 0.05) is 37.4 Å². The van der Waals surface area contributed by atoms with Gasteiger partial charge < -0.3 is 14.5 Å². The van der Waals surface area contributed by atoms with Crippen molar-refractivity contribution in [2.75, 3.05) is 31.1 Å². The summed E-state index contributed by atoms with van der Waals surface area (Å²) in [6.45, 7) is 9.03. The van der Waals surface area contributed by atoms with Crippen molar-refractivity contribution in [3.05, 3.63) is 106 Å². The second-order valence-electron chi connectivity index (χ2n) is 11.7. The summed E-state index contributed by atoms with van der Waals surface area (Å²) in [5, 5.41) is 0.749. The van der Waals surface area contributed by atoms with E-state index >= 15 is 4.39 Å². The van der Waals surface area contributed by atoms with E-state index in [0.717, 1.165) is 5.56 Å². The Balaban J connectivity index is 1.44. The van der Waals surface area contributed by atoms with Crippen LogP contribution in [0.5, 0.6) is 5.75 Å². The van der Waals surface area contributed by atoms with Crippen LogP contribution in [0.4, 0.5) is 10.2 Å². The zero-order valence-corrected chi connectivity index (χ0v) is 26.8. The lowest BCUT2D eigenvalue weighted by molar-refractivity contribution is -0.134. The van der Waals surface area contributed by atoms with E-state index in [0.29, 0.717) is 48.0 Å². The van der Waals surface area contributed by atoms with Crippen LogP contribution >= 0.6 is 11.6 Å². The van der Waals surface area contributed by atoms with Gasteiger partial charge in [-0.1, -0.05) is 55.8 Å². The van der Waals surface area contributed by atoms with Gasteiger partial charge in [0.05, 0.1) is 27.5 Å². The summed E-state index contributed by atoms with van der Waals surface area (Å²) in [6.07, 6.45) is 1.71. The minimum atomic E-state index is -0.545. The van der Waals surface area contributed by atoms with Crippen LogP contribution < -0.4 is 15.3 Å². The number of nitrogens with zero attached hydrogens (tertiary/aromatic N) is 6. The molecule has 3 aromatic heterocycles. The van der Waals surface area contributed by atoms with Crippen molar-refractivity contribution in [1.29, 1.82) is 0 Å². The van der Waals surface area contributed by atoms with Gasteiger partial charge in [-0.05, 0) is 61.7 Å². The van der Waals surface area contributed by atoms with Crippen LogP contribution in [-0.2, 0) is 4.79 Å². The van der Waals surface area contributed by atoms with Gasteiger partial charge in [-0.25, -0.2) is 18.7 Å². The topological polar surface area (TPSA) is 93.5 Å². The van der Waals surface area contributed by atoms with Gasteiger partial charge in [0.15, 0.2) is 12.3 Å². The van der Waals surface area contributed by atoms with Crippen LogP contribution in [0.3, 0.4) is 0 Å². The number of para-hydroxylation sites is 1. The molecule has 236 valence electrons. The first-order chi connectivity index (χ1) is 22.1. The van der Waals surface area contributed by atoms with Crippen LogP contribution in [-0.4, -0.2) is 62.6 Å². The predicted octanol–water partition coefficient (Wildman–Crippen LogP) is 6.18. The summed E-state index contributed by atoms with van der Waals surface area (Å²) in [5.74, 6) is 0.411. The minimum absolute atomic E-state index is 0.00799. The van der Waals surface area contributed by atoms with Crippen LogP contribution in [0.2, 0.25) is 5.02 Å². The van der Waals surface area contributed by atoms with E-state index in [2.05, 4.69) is 9.97 Å². The SMILES string of the molecule is Cc1ccnc(C(C)C)c1-n1c(=O)nc(N2CCN(C(=O)COc3ccccc3)C[C@@H]2C)c2cc(Cl)c(-c3ccccc3F)nc21. The van der Waals surface area contributed by atoms with Crippen molar-refractivity contribution < 1.29 is 13.9 Å². The summed E-state index contributed by atoms with van der Waals surface area (Å²) in [7, 11) is 0. The quantitative estimate of drug-likeness (QED) is 0.210. The average molecular weight is 641 g/mol. The molecule has 1 aliphatic heterocycles. The Hall–Kier alpha value is -4.83. The number of amides is 1. The Morgan fingerprint density at radius 3 is 2.52 bits per heavy atom. The van der Waals surface area contributed by atoms with Crippen molar-refractivity contribution >= 4 is 34.4 Å². The van der Waals surface area contributed by atoms with Gasteiger partial charge in [-0.3, -0.25) is 9.78 Å². The molecule has 4 heterocycles. The normalized spacial score (nSPS) is 15.1. The number of piperazine rings is 1. The van der Waals surface area contributed by atoms with Gasteiger partial charge >= 0.3 is 5.69 Å². The summed E-state index contributed by atoms with van der Waals surface area (Å²) in [4.78, 5) is 45.0. The second-order valence-corrected chi connectivity index (χ2v) is 12.1. The number of ether oxygens (including phenoxy) is 1. The fourth-order valence-corrected chi connectivity index (χ4v) is 6.16. The number of fused-ring (bicyclic) bond motifs is 1. The highest BCUT2D eigenvalue weighted by Gasteiger charge is 2.31. The van der Waals surface area contributed by atoms with Crippen LogP contribution in [0.25, 0.3) is 28.0 Å². The molecular weight excluding hydrogens is 607 g/mol. The largest absolute Gasteiger partial charge is 0.484 e. The number of aryl methyl sites for hydroxylation is 1. The number of carbonyl (C=O) groups is 1. The van der Waals surface area contributed by atoms with Gasteiger partial charge in [-0.2, -0.15) is 4.98 Å². The zero-order chi connectivity index (χ0) is 32.5. The average Bonchev–Trinajstić information content (AvgIpc) is 3.04. The van der Waals surface area contributed by atoms with Crippen LogP contribution in [0, 0.1) is 12.7 Å². The Labute approximate surface area is 271 Å². The number of benzene rings is 2. The summed E-state index contributed by atoms with van der Waals surface area (Å²) >= 11 is 6.82.